The molecule has 1 fully saturated rings. The van der Waals surface area contributed by atoms with Crippen LogP contribution in [0.3, 0.4) is 0 Å². The van der Waals surface area contributed by atoms with E-state index in [0.717, 1.165) is 30.9 Å². The van der Waals surface area contributed by atoms with Crippen LogP contribution in [0.1, 0.15) is 17.7 Å². The van der Waals surface area contributed by atoms with Gasteiger partial charge in [-0.05, 0) is 31.0 Å². The van der Waals surface area contributed by atoms with E-state index in [-0.39, 0.29) is 6.03 Å². The van der Waals surface area contributed by atoms with Crippen molar-refractivity contribution in [3.8, 4) is 0 Å². The summed E-state index contributed by atoms with van der Waals surface area (Å²) >= 11 is 0. The topological polar surface area (TPSA) is 49.6 Å². The van der Waals surface area contributed by atoms with Crippen LogP contribution in [0.25, 0.3) is 5.65 Å². The zero-order valence-corrected chi connectivity index (χ0v) is 10.4. The Morgan fingerprint density at radius 3 is 3.06 bits per heavy atom. The van der Waals surface area contributed by atoms with E-state index in [1.165, 1.54) is 5.56 Å². The molecule has 1 aliphatic rings. The Morgan fingerprint density at radius 2 is 2.33 bits per heavy atom. The van der Waals surface area contributed by atoms with Gasteiger partial charge in [-0.3, -0.25) is 0 Å². The molecule has 94 valence electrons. The Kier molecular flexibility index (Phi) is 2.66. The van der Waals surface area contributed by atoms with Gasteiger partial charge in [-0.1, -0.05) is 0 Å². The van der Waals surface area contributed by atoms with Crippen molar-refractivity contribution in [1.82, 2.24) is 19.6 Å². The monoisotopic (exact) mass is 244 g/mol. The van der Waals surface area contributed by atoms with Crippen LogP contribution in [-0.4, -0.2) is 33.4 Å². The lowest BCUT2D eigenvalue weighted by atomic mass is 10.2. The number of aromatic nitrogens is 2. The third kappa shape index (κ3) is 2.03. The third-order valence-electron chi connectivity index (χ3n) is 3.23. The standard InChI is InChI=1S/C13H16N4O/c1-10-3-6-17-9-11(15-12(17)7-10)8-14-13(18)16-4-2-5-16/h3,6-7,9H,2,4-5,8H2,1H3,(H,14,18). The number of hydrogen-bond acceptors (Lipinski definition) is 2. The number of likely N-dealkylation sites (tertiary alicyclic amines) is 1. The molecule has 1 saturated heterocycles. The van der Waals surface area contributed by atoms with Crippen LogP contribution < -0.4 is 5.32 Å². The van der Waals surface area contributed by atoms with Gasteiger partial charge in [0.2, 0.25) is 0 Å². The minimum Gasteiger partial charge on any atom is -0.332 e. The lowest BCUT2D eigenvalue weighted by Crippen LogP contribution is -2.47. The summed E-state index contributed by atoms with van der Waals surface area (Å²) in [7, 11) is 0. The van der Waals surface area contributed by atoms with Crippen molar-refractivity contribution in [2.45, 2.75) is 19.9 Å². The van der Waals surface area contributed by atoms with E-state index < -0.39 is 0 Å². The Morgan fingerprint density at radius 1 is 1.50 bits per heavy atom. The molecule has 1 aliphatic heterocycles. The lowest BCUT2D eigenvalue weighted by molar-refractivity contribution is 0.167. The molecule has 2 amide bonds. The van der Waals surface area contributed by atoms with Gasteiger partial charge in [0.15, 0.2) is 0 Å². The Bertz CT molecular complexity index is 586. The van der Waals surface area contributed by atoms with Crippen LogP contribution in [-0.2, 0) is 6.54 Å². The molecular formula is C13H16N4O. The van der Waals surface area contributed by atoms with Crippen molar-refractivity contribution in [1.29, 1.82) is 0 Å². The van der Waals surface area contributed by atoms with E-state index in [1.54, 1.807) is 4.90 Å². The molecule has 5 nitrogen and oxygen atoms in total. The molecule has 3 rings (SSSR count). The van der Waals surface area contributed by atoms with E-state index in [2.05, 4.69) is 10.3 Å². The first-order valence-corrected chi connectivity index (χ1v) is 6.19. The highest BCUT2D eigenvalue weighted by Gasteiger charge is 2.19. The van der Waals surface area contributed by atoms with Crippen molar-refractivity contribution in [3.63, 3.8) is 0 Å². The largest absolute Gasteiger partial charge is 0.332 e. The fraction of sp³-hybridized carbons (Fsp3) is 0.385. The summed E-state index contributed by atoms with van der Waals surface area (Å²) in [5.41, 5.74) is 2.99. The summed E-state index contributed by atoms with van der Waals surface area (Å²) in [4.78, 5) is 17.9. The molecule has 0 radical (unpaired) electrons. The number of rotatable bonds is 2. The van der Waals surface area contributed by atoms with Crippen LogP contribution in [0.5, 0.6) is 0 Å². The normalized spacial score (nSPS) is 14.6. The molecule has 3 heterocycles. The predicted molar refractivity (Wildman–Crippen MR) is 68.4 cm³/mol. The smallest absolute Gasteiger partial charge is 0.317 e. The molecule has 0 aliphatic carbocycles. The molecule has 0 bridgehead atoms. The molecular weight excluding hydrogens is 228 g/mol. The predicted octanol–water partition coefficient (Wildman–Crippen LogP) is 1.56. The molecule has 0 aromatic carbocycles. The van der Waals surface area contributed by atoms with E-state index >= 15 is 0 Å². The summed E-state index contributed by atoms with van der Waals surface area (Å²) in [6, 6.07) is 4.08. The Labute approximate surface area is 105 Å². The zero-order valence-electron chi connectivity index (χ0n) is 10.4. The fourth-order valence-electron chi connectivity index (χ4n) is 2.02. The summed E-state index contributed by atoms with van der Waals surface area (Å²) in [5.74, 6) is 0. The molecule has 18 heavy (non-hydrogen) atoms. The number of urea groups is 1. The van der Waals surface area contributed by atoms with Gasteiger partial charge < -0.3 is 14.6 Å². The number of aryl methyl sites for hydroxylation is 1. The van der Waals surface area contributed by atoms with Gasteiger partial charge in [-0.2, -0.15) is 0 Å². The number of carbonyl (C=O) groups is 1. The van der Waals surface area contributed by atoms with Gasteiger partial charge in [-0.15, -0.1) is 0 Å². The number of nitrogens with zero attached hydrogens (tertiary/aromatic N) is 3. The van der Waals surface area contributed by atoms with Gasteiger partial charge in [0.1, 0.15) is 5.65 Å². The second-order valence-electron chi connectivity index (χ2n) is 4.70. The van der Waals surface area contributed by atoms with Gasteiger partial charge in [0.05, 0.1) is 12.2 Å². The van der Waals surface area contributed by atoms with Crippen LogP contribution >= 0.6 is 0 Å². The van der Waals surface area contributed by atoms with Gasteiger partial charge in [-0.25, -0.2) is 9.78 Å². The van der Waals surface area contributed by atoms with E-state index in [4.69, 9.17) is 0 Å². The van der Waals surface area contributed by atoms with Crippen molar-refractivity contribution in [2.24, 2.45) is 0 Å². The van der Waals surface area contributed by atoms with Crippen molar-refractivity contribution in [3.05, 3.63) is 35.8 Å². The number of carbonyl (C=O) groups excluding carboxylic acids is 1. The molecule has 1 N–H and O–H groups in total. The molecule has 0 unspecified atom stereocenters. The summed E-state index contributed by atoms with van der Waals surface area (Å²) in [6.45, 7) is 4.27. The van der Waals surface area contributed by atoms with Crippen LogP contribution in [0.2, 0.25) is 0 Å². The van der Waals surface area contributed by atoms with Crippen LogP contribution in [0, 0.1) is 6.92 Å². The highest BCUT2D eigenvalue weighted by molar-refractivity contribution is 5.74. The number of amides is 2. The number of fused-ring (bicyclic) bond motifs is 1. The average molecular weight is 244 g/mol. The van der Waals surface area contributed by atoms with E-state index in [0.29, 0.717) is 6.54 Å². The first-order valence-electron chi connectivity index (χ1n) is 6.19. The second-order valence-corrected chi connectivity index (χ2v) is 4.70. The highest BCUT2D eigenvalue weighted by Crippen LogP contribution is 2.09. The minimum atomic E-state index is 0.00878. The summed E-state index contributed by atoms with van der Waals surface area (Å²) < 4.78 is 1.97. The number of imidazole rings is 1. The van der Waals surface area contributed by atoms with Crippen LogP contribution in [0.4, 0.5) is 4.79 Å². The average Bonchev–Trinajstić information content (AvgIpc) is 2.65. The molecule has 0 atom stereocenters. The minimum absolute atomic E-state index is 0.00878. The molecule has 2 aromatic rings. The zero-order chi connectivity index (χ0) is 12.5. The number of pyridine rings is 1. The van der Waals surface area contributed by atoms with Crippen molar-refractivity contribution >= 4 is 11.7 Å². The molecule has 2 aromatic heterocycles. The lowest BCUT2D eigenvalue weighted by Gasteiger charge is -2.30. The van der Waals surface area contributed by atoms with Gasteiger partial charge >= 0.3 is 6.03 Å². The van der Waals surface area contributed by atoms with E-state index in [1.807, 2.05) is 35.9 Å². The fourth-order valence-corrected chi connectivity index (χ4v) is 2.02. The summed E-state index contributed by atoms with van der Waals surface area (Å²) in [5, 5.41) is 2.89. The Balaban J connectivity index is 1.68. The second kappa shape index (κ2) is 4.33. The maximum absolute atomic E-state index is 11.6. The third-order valence-corrected chi connectivity index (χ3v) is 3.23. The Hall–Kier alpha value is -2.04. The molecule has 0 saturated carbocycles. The molecule has 0 spiro atoms. The molecule has 5 heteroatoms. The number of nitrogens with one attached hydrogen (secondary N) is 1. The summed E-state index contributed by atoms with van der Waals surface area (Å²) in [6.07, 6.45) is 5.05. The van der Waals surface area contributed by atoms with E-state index in [9.17, 15) is 4.79 Å². The first kappa shape index (κ1) is 11.1. The highest BCUT2D eigenvalue weighted by atomic mass is 16.2. The quantitative estimate of drug-likeness (QED) is 0.871. The van der Waals surface area contributed by atoms with Gasteiger partial charge in [0, 0.05) is 25.5 Å². The van der Waals surface area contributed by atoms with Crippen molar-refractivity contribution < 1.29 is 4.79 Å². The maximum Gasteiger partial charge on any atom is 0.317 e. The maximum atomic E-state index is 11.6. The van der Waals surface area contributed by atoms with Gasteiger partial charge in [0.25, 0.3) is 0 Å². The number of hydrogen-bond donors (Lipinski definition) is 1. The SMILES string of the molecule is Cc1ccn2cc(CNC(=O)N3CCC3)nc2c1. The van der Waals surface area contributed by atoms with Crippen molar-refractivity contribution in [2.75, 3.05) is 13.1 Å². The van der Waals surface area contributed by atoms with Crippen LogP contribution in [0.15, 0.2) is 24.5 Å². The first-order chi connectivity index (χ1) is 8.72.